The first-order valence-electron chi connectivity index (χ1n) is 5.80. The van der Waals surface area contributed by atoms with E-state index in [1.807, 2.05) is 18.2 Å². The fraction of sp³-hybridized carbons (Fsp3) is 0.500. The summed E-state index contributed by atoms with van der Waals surface area (Å²) in [5.41, 5.74) is 1.29. The summed E-state index contributed by atoms with van der Waals surface area (Å²) in [4.78, 5) is 11.3. The highest BCUT2D eigenvalue weighted by Crippen LogP contribution is 2.29. The van der Waals surface area contributed by atoms with Crippen LogP contribution in [0.25, 0.3) is 0 Å². The van der Waals surface area contributed by atoms with Crippen molar-refractivity contribution in [1.82, 2.24) is 0 Å². The third-order valence-electron chi connectivity index (χ3n) is 3.21. The van der Waals surface area contributed by atoms with Crippen molar-refractivity contribution in [2.24, 2.45) is 5.92 Å². The molecule has 0 saturated heterocycles. The zero-order chi connectivity index (χ0) is 12.0. The molecule has 0 aliphatic heterocycles. The fourth-order valence-electron chi connectivity index (χ4n) is 2.00. The Labute approximate surface area is 97.6 Å². The predicted octanol–water partition coefficient (Wildman–Crippen LogP) is 3.38. The highest BCUT2D eigenvalue weighted by atomic mass is 16.5. The number of carbonyl (C=O) groups is 1. The first-order chi connectivity index (χ1) is 7.69. The third kappa shape index (κ3) is 3.37. The van der Waals surface area contributed by atoms with Crippen molar-refractivity contribution in [2.45, 2.75) is 32.6 Å². The Balaban J connectivity index is 2.70. The predicted molar refractivity (Wildman–Crippen MR) is 65.3 cm³/mol. The van der Waals surface area contributed by atoms with Gasteiger partial charge in [-0.25, -0.2) is 0 Å². The molecule has 0 bridgehead atoms. The van der Waals surface area contributed by atoms with Crippen LogP contribution in [0.2, 0.25) is 0 Å². The molecule has 1 aromatic carbocycles. The first-order valence-corrected chi connectivity index (χ1v) is 5.80. The summed E-state index contributed by atoms with van der Waals surface area (Å²) < 4.78 is 4.73. The molecule has 0 aliphatic rings. The molecule has 0 unspecified atom stereocenters. The van der Waals surface area contributed by atoms with Gasteiger partial charge in [-0.3, -0.25) is 4.79 Å². The van der Waals surface area contributed by atoms with Crippen LogP contribution in [0.5, 0.6) is 0 Å². The molecule has 0 N–H and O–H groups in total. The van der Waals surface area contributed by atoms with E-state index in [-0.39, 0.29) is 5.97 Å². The van der Waals surface area contributed by atoms with Crippen molar-refractivity contribution in [2.75, 3.05) is 7.11 Å². The van der Waals surface area contributed by atoms with E-state index in [1.54, 1.807) is 0 Å². The van der Waals surface area contributed by atoms with Gasteiger partial charge in [-0.1, -0.05) is 50.6 Å². The average molecular weight is 220 g/mol. The number of ether oxygens (including phenoxy) is 1. The summed E-state index contributed by atoms with van der Waals surface area (Å²) >= 11 is 0. The minimum Gasteiger partial charge on any atom is -0.469 e. The summed E-state index contributed by atoms with van der Waals surface area (Å²) in [5, 5.41) is 0. The van der Waals surface area contributed by atoms with Crippen LogP contribution in [0, 0.1) is 5.92 Å². The molecule has 0 amide bonds. The maximum absolute atomic E-state index is 11.3. The Morgan fingerprint density at radius 3 is 2.44 bits per heavy atom. The Hall–Kier alpha value is -1.31. The number of hydrogen-bond donors (Lipinski definition) is 0. The van der Waals surface area contributed by atoms with Crippen molar-refractivity contribution >= 4 is 5.97 Å². The summed E-state index contributed by atoms with van der Waals surface area (Å²) in [6.45, 7) is 4.29. The minimum atomic E-state index is -0.116. The number of esters is 1. The van der Waals surface area contributed by atoms with Crippen molar-refractivity contribution in [1.29, 1.82) is 0 Å². The number of carbonyl (C=O) groups excluding carboxylic acids is 1. The lowest BCUT2D eigenvalue weighted by Crippen LogP contribution is -2.15. The molecule has 0 aromatic heterocycles. The smallest absolute Gasteiger partial charge is 0.305 e. The van der Waals surface area contributed by atoms with Crippen LogP contribution in [-0.2, 0) is 9.53 Å². The summed E-state index contributed by atoms with van der Waals surface area (Å²) in [7, 11) is 1.45. The average Bonchev–Trinajstić information content (AvgIpc) is 2.35. The number of hydrogen-bond acceptors (Lipinski definition) is 2. The summed E-state index contributed by atoms with van der Waals surface area (Å²) in [6, 6.07) is 10.3. The van der Waals surface area contributed by atoms with E-state index in [4.69, 9.17) is 4.74 Å². The maximum atomic E-state index is 11.3. The quantitative estimate of drug-likeness (QED) is 0.711. The van der Waals surface area contributed by atoms with Crippen LogP contribution in [0.1, 0.15) is 38.2 Å². The molecular weight excluding hydrogens is 200 g/mol. The fourth-order valence-corrected chi connectivity index (χ4v) is 2.00. The third-order valence-corrected chi connectivity index (χ3v) is 3.21. The Morgan fingerprint density at radius 2 is 1.94 bits per heavy atom. The van der Waals surface area contributed by atoms with Crippen LogP contribution in [0.3, 0.4) is 0 Å². The van der Waals surface area contributed by atoms with Crippen molar-refractivity contribution < 1.29 is 9.53 Å². The molecule has 2 nitrogen and oxygen atoms in total. The van der Waals surface area contributed by atoms with Gasteiger partial charge >= 0.3 is 5.97 Å². The van der Waals surface area contributed by atoms with Gasteiger partial charge in [0.25, 0.3) is 0 Å². The molecule has 2 atom stereocenters. The number of rotatable bonds is 5. The lowest BCUT2D eigenvalue weighted by Gasteiger charge is -2.22. The van der Waals surface area contributed by atoms with Crippen LogP contribution >= 0.6 is 0 Å². The molecule has 0 heterocycles. The van der Waals surface area contributed by atoms with Gasteiger partial charge in [-0.2, -0.15) is 0 Å². The first kappa shape index (κ1) is 12.8. The standard InChI is InChI=1S/C14H20O2/c1-4-12(10-14(15)16-3)11(2)13-8-6-5-7-9-13/h5-9,11-12H,4,10H2,1-3H3/t11-,12+/m0/s1. The zero-order valence-corrected chi connectivity index (χ0v) is 10.3. The molecule has 0 spiro atoms. The van der Waals surface area contributed by atoms with E-state index >= 15 is 0 Å². The Bertz CT molecular complexity index is 319. The van der Waals surface area contributed by atoms with E-state index in [0.29, 0.717) is 18.3 Å². The summed E-state index contributed by atoms with van der Waals surface area (Å²) in [6.07, 6.45) is 1.49. The monoisotopic (exact) mass is 220 g/mol. The highest BCUT2D eigenvalue weighted by molar-refractivity contribution is 5.69. The lowest BCUT2D eigenvalue weighted by molar-refractivity contribution is -0.141. The number of methoxy groups -OCH3 is 1. The van der Waals surface area contributed by atoms with Crippen LogP contribution < -0.4 is 0 Å². The molecule has 0 fully saturated rings. The van der Waals surface area contributed by atoms with Gasteiger partial charge in [-0.15, -0.1) is 0 Å². The van der Waals surface area contributed by atoms with E-state index < -0.39 is 0 Å². The zero-order valence-electron chi connectivity index (χ0n) is 10.3. The molecule has 88 valence electrons. The highest BCUT2D eigenvalue weighted by Gasteiger charge is 2.20. The van der Waals surface area contributed by atoms with Crippen molar-refractivity contribution in [3.8, 4) is 0 Å². The molecule has 0 radical (unpaired) electrons. The van der Waals surface area contributed by atoms with Crippen LogP contribution in [-0.4, -0.2) is 13.1 Å². The summed E-state index contributed by atoms with van der Waals surface area (Å²) in [5.74, 6) is 0.634. The van der Waals surface area contributed by atoms with Crippen molar-refractivity contribution in [3.63, 3.8) is 0 Å². The molecule has 16 heavy (non-hydrogen) atoms. The van der Waals surface area contributed by atoms with Crippen LogP contribution in [0.4, 0.5) is 0 Å². The second kappa shape index (κ2) is 6.31. The lowest BCUT2D eigenvalue weighted by atomic mass is 9.84. The van der Waals surface area contributed by atoms with Gasteiger partial charge in [-0.05, 0) is 17.4 Å². The molecule has 1 rings (SSSR count). The van der Waals surface area contributed by atoms with E-state index in [9.17, 15) is 4.79 Å². The molecule has 0 aliphatic carbocycles. The minimum absolute atomic E-state index is 0.116. The normalized spacial score (nSPS) is 14.2. The van der Waals surface area contributed by atoms with Crippen LogP contribution in [0.15, 0.2) is 30.3 Å². The van der Waals surface area contributed by atoms with Crippen molar-refractivity contribution in [3.05, 3.63) is 35.9 Å². The molecule has 2 heteroatoms. The van der Waals surface area contributed by atoms with Gasteiger partial charge in [0.1, 0.15) is 0 Å². The van der Waals surface area contributed by atoms with Gasteiger partial charge in [0.2, 0.25) is 0 Å². The maximum Gasteiger partial charge on any atom is 0.305 e. The number of benzene rings is 1. The Kier molecular flexibility index (Phi) is 5.03. The van der Waals surface area contributed by atoms with E-state index in [1.165, 1.54) is 12.7 Å². The van der Waals surface area contributed by atoms with Gasteiger partial charge in [0.15, 0.2) is 0 Å². The molecular formula is C14H20O2. The SMILES string of the molecule is CC[C@H](CC(=O)OC)[C@H](C)c1ccccc1. The van der Waals surface area contributed by atoms with E-state index in [2.05, 4.69) is 26.0 Å². The Morgan fingerprint density at radius 1 is 1.31 bits per heavy atom. The topological polar surface area (TPSA) is 26.3 Å². The van der Waals surface area contributed by atoms with E-state index in [0.717, 1.165) is 6.42 Å². The van der Waals surface area contributed by atoms with Gasteiger partial charge in [0, 0.05) is 6.42 Å². The van der Waals surface area contributed by atoms with Gasteiger partial charge < -0.3 is 4.74 Å². The van der Waals surface area contributed by atoms with Gasteiger partial charge in [0.05, 0.1) is 7.11 Å². The molecule has 1 aromatic rings. The second-order valence-corrected chi connectivity index (χ2v) is 4.15. The second-order valence-electron chi connectivity index (χ2n) is 4.15. The largest absolute Gasteiger partial charge is 0.469 e. The molecule has 0 saturated carbocycles.